The minimum absolute atomic E-state index is 0. The van der Waals surface area contributed by atoms with E-state index in [2.05, 4.69) is 4.90 Å². The van der Waals surface area contributed by atoms with Gasteiger partial charge in [0.25, 0.3) is 0 Å². The van der Waals surface area contributed by atoms with Crippen LogP contribution in [-0.2, 0) is 21.1 Å². The van der Waals surface area contributed by atoms with Crippen LogP contribution in [0.25, 0.3) is 0 Å². The summed E-state index contributed by atoms with van der Waals surface area (Å²) in [7, 11) is 0. The van der Waals surface area contributed by atoms with Gasteiger partial charge < -0.3 is 5.11 Å². The maximum Gasteiger partial charge on any atom is 0.114 e. The first-order chi connectivity index (χ1) is 5.74. The third-order valence-corrected chi connectivity index (χ3v) is 3.07. The summed E-state index contributed by atoms with van der Waals surface area (Å²) in [6.45, 7) is 2.65. The first-order valence-electron chi connectivity index (χ1n) is 4.71. The molecule has 1 unspecified atom stereocenters. The number of hydrogen-bond acceptors (Lipinski definition) is 2. The van der Waals surface area contributed by atoms with Crippen LogP contribution in [0.15, 0.2) is 0 Å². The van der Waals surface area contributed by atoms with Crippen molar-refractivity contribution in [2.45, 2.75) is 25.4 Å². The van der Waals surface area contributed by atoms with Gasteiger partial charge in [-0.25, -0.2) is 4.39 Å². The van der Waals surface area contributed by atoms with E-state index < -0.39 is 6.17 Å². The molecule has 1 aliphatic carbocycles. The topological polar surface area (TPSA) is 23.5 Å². The van der Waals surface area contributed by atoms with Crippen LogP contribution >= 0.6 is 0 Å². The van der Waals surface area contributed by atoms with Gasteiger partial charge in [-0.15, -0.1) is 0 Å². The molecule has 1 saturated heterocycles. The van der Waals surface area contributed by atoms with Gasteiger partial charge in [-0.05, 0) is 19.3 Å². The van der Waals surface area contributed by atoms with E-state index in [-0.39, 0.29) is 33.1 Å². The number of rotatable bonds is 3. The van der Waals surface area contributed by atoms with E-state index in [9.17, 15) is 4.39 Å². The maximum atomic E-state index is 12.8. The number of likely N-dealkylation sites (tertiary alicyclic amines) is 1. The molecule has 2 nitrogen and oxygen atoms in total. The van der Waals surface area contributed by atoms with Crippen LogP contribution in [0.1, 0.15) is 19.3 Å². The molecule has 0 amide bonds. The van der Waals surface area contributed by atoms with Gasteiger partial charge in [-0.3, -0.25) is 4.90 Å². The second-order valence-corrected chi connectivity index (χ2v) is 4.28. The summed E-state index contributed by atoms with van der Waals surface area (Å²) in [5, 5.41) is 9.06. The zero-order valence-corrected chi connectivity index (χ0v) is 10.6. The number of aliphatic hydroxyl groups is 1. The molecular formula is C9H16FNOW. The van der Waals surface area contributed by atoms with E-state index in [0.717, 1.165) is 25.9 Å². The quantitative estimate of drug-likeness (QED) is 0.808. The van der Waals surface area contributed by atoms with E-state index in [1.54, 1.807) is 0 Å². The van der Waals surface area contributed by atoms with Gasteiger partial charge in [-0.2, -0.15) is 0 Å². The van der Waals surface area contributed by atoms with E-state index in [1.165, 1.54) is 0 Å². The Morgan fingerprint density at radius 3 is 2.54 bits per heavy atom. The molecule has 0 aromatic rings. The van der Waals surface area contributed by atoms with Crippen LogP contribution in [0.2, 0.25) is 0 Å². The molecule has 1 heterocycles. The molecule has 1 aliphatic heterocycles. The molecule has 1 N–H and O–H groups in total. The van der Waals surface area contributed by atoms with Crippen LogP contribution in [0.5, 0.6) is 0 Å². The Morgan fingerprint density at radius 1 is 1.46 bits per heavy atom. The standard InChI is InChI=1S/C9H16FNO.W/c10-8-1-4-11(5-8)6-9(7-12)2-3-9;/h8,12H,1-7H2;. The Morgan fingerprint density at radius 2 is 2.15 bits per heavy atom. The van der Waals surface area contributed by atoms with Gasteiger partial charge >= 0.3 is 0 Å². The second-order valence-electron chi connectivity index (χ2n) is 4.28. The van der Waals surface area contributed by atoms with Crippen LogP contribution in [0.3, 0.4) is 0 Å². The zero-order chi connectivity index (χ0) is 8.60. The molecule has 13 heavy (non-hydrogen) atoms. The number of hydrogen-bond donors (Lipinski definition) is 1. The van der Waals surface area contributed by atoms with Crippen molar-refractivity contribution in [3.63, 3.8) is 0 Å². The van der Waals surface area contributed by atoms with E-state index in [1.807, 2.05) is 0 Å². The van der Waals surface area contributed by atoms with Crippen molar-refractivity contribution in [2.75, 3.05) is 26.2 Å². The molecule has 0 bridgehead atoms. The molecule has 1 atom stereocenters. The Kier molecular flexibility index (Phi) is 3.91. The summed E-state index contributed by atoms with van der Waals surface area (Å²) in [6, 6.07) is 0. The molecule has 0 radical (unpaired) electrons. The minimum atomic E-state index is -0.625. The molecule has 76 valence electrons. The fourth-order valence-electron chi connectivity index (χ4n) is 1.95. The number of nitrogens with zero attached hydrogens (tertiary/aromatic N) is 1. The minimum Gasteiger partial charge on any atom is -0.396 e. The van der Waals surface area contributed by atoms with Gasteiger partial charge in [-0.1, -0.05) is 0 Å². The SMILES string of the molecule is OCC1(CN2CCC(F)C2)CC1.[W]. The maximum absolute atomic E-state index is 12.8. The Hall–Kier alpha value is 0.538. The summed E-state index contributed by atoms with van der Waals surface area (Å²) in [5.74, 6) is 0. The van der Waals surface area contributed by atoms with Gasteiger partial charge in [0, 0.05) is 52.7 Å². The van der Waals surface area contributed by atoms with Crippen molar-refractivity contribution in [2.24, 2.45) is 5.41 Å². The largest absolute Gasteiger partial charge is 0.396 e. The van der Waals surface area contributed by atoms with E-state index in [4.69, 9.17) is 5.11 Å². The van der Waals surface area contributed by atoms with Crippen LogP contribution < -0.4 is 0 Å². The summed E-state index contributed by atoms with van der Waals surface area (Å²) >= 11 is 0. The number of aliphatic hydroxyl groups excluding tert-OH is 1. The van der Waals surface area contributed by atoms with Crippen molar-refractivity contribution < 1.29 is 30.6 Å². The Bertz CT molecular complexity index is 175. The monoisotopic (exact) mass is 357 g/mol. The number of halogens is 1. The Labute approximate surface area is 92.8 Å². The summed E-state index contributed by atoms with van der Waals surface area (Å²) in [5.41, 5.74) is 0.157. The fourth-order valence-corrected chi connectivity index (χ4v) is 1.95. The predicted octanol–water partition coefficient (Wildman–Crippen LogP) is 0.800. The average Bonchev–Trinajstić information content (AvgIpc) is 2.71. The summed E-state index contributed by atoms with van der Waals surface area (Å²) in [6.07, 6.45) is 2.30. The first-order valence-corrected chi connectivity index (χ1v) is 4.71. The summed E-state index contributed by atoms with van der Waals surface area (Å²) in [4.78, 5) is 2.15. The second kappa shape index (κ2) is 4.37. The third kappa shape index (κ3) is 2.74. The van der Waals surface area contributed by atoms with Crippen molar-refractivity contribution in [3.8, 4) is 0 Å². The van der Waals surface area contributed by atoms with E-state index in [0.29, 0.717) is 13.0 Å². The van der Waals surface area contributed by atoms with E-state index >= 15 is 0 Å². The molecule has 0 aromatic heterocycles. The average molecular weight is 357 g/mol. The molecule has 2 rings (SSSR count). The molecule has 2 fully saturated rings. The number of alkyl halides is 1. The van der Waals surface area contributed by atoms with Crippen molar-refractivity contribution in [3.05, 3.63) is 0 Å². The molecule has 0 aromatic carbocycles. The van der Waals surface area contributed by atoms with Crippen molar-refractivity contribution >= 4 is 0 Å². The Balaban J connectivity index is 0.000000845. The molecule has 2 aliphatic rings. The first kappa shape index (κ1) is 11.6. The van der Waals surface area contributed by atoms with Gasteiger partial charge in [0.1, 0.15) is 6.17 Å². The van der Waals surface area contributed by atoms with Gasteiger partial charge in [0.15, 0.2) is 0 Å². The molecular weight excluding hydrogens is 341 g/mol. The summed E-state index contributed by atoms with van der Waals surface area (Å²) < 4.78 is 12.8. The van der Waals surface area contributed by atoms with Crippen LogP contribution in [0, 0.1) is 5.41 Å². The smallest absolute Gasteiger partial charge is 0.114 e. The van der Waals surface area contributed by atoms with Crippen LogP contribution in [0.4, 0.5) is 4.39 Å². The van der Waals surface area contributed by atoms with Crippen LogP contribution in [-0.4, -0.2) is 42.4 Å². The molecule has 0 spiro atoms. The fraction of sp³-hybridized carbons (Fsp3) is 1.00. The van der Waals surface area contributed by atoms with Gasteiger partial charge in [0.2, 0.25) is 0 Å². The van der Waals surface area contributed by atoms with Gasteiger partial charge in [0.05, 0.1) is 0 Å². The normalized spacial score (nSPS) is 31.4. The molecule has 4 heteroatoms. The zero-order valence-electron chi connectivity index (χ0n) is 7.71. The predicted molar refractivity (Wildman–Crippen MR) is 44.7 cm³/mol. The third-order valence-electron chi connectivity index (χ3n) is 3.07. The van der Waals surface area contributed by atoms with Crippen molar-refractivity contribution in [1.82, 2.24) is 4.90 Å². The molecule has 1 saturated carbocycles. The van der Waals surface area contributed by atoms with Crippen molar-refractivity contribution in [1.29, 1.82) is 0 Å².